The van der Waals surface area contributed by atoms with Crippen LogP contribution >= 0.6 is 11.8 Å². The van der Waals surface area contributed by atoms with Crippen molar-refractivity contribution in [3.05, 3.63) is 0 Å². The highest BCUT2D eigenvalue weighted by atomic mass is 32.2. The Morgan fingerprint density at radius 2 is 1.44 bits per heavy atom. The van der Waals surface area contributed by atoms with Crippen LogP contribution in [0.25, 0.3) is 0 Å². The van der Waals surface area contributed by atoms with Crippen molar-refractivity contribution >= 4 is 29.5 Å². The Morgan fingerprint density at radius 1 is 0.906 bits per heavy atom. The minimum Gasteiger partial charge on any atom is -0.481 e. The van der Waals surface area contributed by atoms with Crippen LogP contribution in [-0.4, -0.2) is 60.4 Å². The van der Waals surface area contributed by atoms with Crippen molar-refractivity contribution in [2.75, 3.05) is 0 Å². The molecular formula is C25H44N2O4S. The third-order valence-electron chi connectivity index (χ3n) is 6.67. The first-order valence-electron chi connectivity index (χ1n) is 11.7. The van der Waals surface area contributed by atoms with E-state index in [4.69, 9.17) is 0 Å². The molecule has 2 rings (SSSR count). The number of likely N-dealkylation sites (tertiary alicyclic amines) is 1. The summed E-state index contributed by atoms with van der Waals surface area (Å²) in [6, 6.07) is 0.137. The van der Waals surface area contributed by atoms with Gasteiger partial charge in [-0.3, -0.25) is 14.4 Å². The first-order chi connectivity index (χ1) is 14.2. The molecule has 7 heteroatoms. The molecule has 184 valence electrons. The molecule has 0 aliphatic carbocycles. The van der Waals surface area contributed by atoms with Gasteiger partial charge in [-0.05, 0) is 58.3 Å². The molecule has 2 heterocycles. The predicted octanol–water partition coefficient (Wildman–Crippen LogP) is 5.01. The molecule has 2 fully saturated rings. The Labute approximate surface area is 198 Å². The molecule has 0 aromatic heterocycles. The van der Waals surface area contributed by atoms with Gasteiger partial charge in [0.1, 0.15) is 0 Å². The second-order valence-electron chi connectivity index (χ2n) is 13.4. The average molecular weight is 469 g/mol. The highest BCUT2D eigenvalue weighted by Crippen LogP contribution is 2.49. The normalized spacial score (nSPS) is 28.1. The Bertz CT molecular complexity index is 757. The minimum atomic E-state index is -0.956. The van der Waals surface area contributed by atoms with Crippen LogP contribution < -0.4 is 0 Å². The SMILES string of the molecule is CC(C)(C)C1CC(CC(C)(C)N2C(=O)C(CC(=O)O)SC2C(C)(C)C)C(=O)N1C(C)(C)C. The summed E-state index contributed by atoms with van der Waals surface area (Å²) in [7, 11) is 0. The van der Waals surface area contributed by atoms with E-state index in [0.29, 0.717) is 6.42 Å². The maximum atomic E-state index is 13.6. The molecule has 2 saturated heterocycles. The summed E-state index contributed by atoms with van der Waals surface area (Å²) in [5.74, 6) is -1.07. The van der Waals surface area contributed by atoms with E-state index >= 15 is 0 Å². The standard InChI is InChI=1S/C25H44N2O4S/c1-22(2,3)17-12-15(19(30)26(17)24(7,8)9)14-25(10,11)27-20(31)16(13-18(28)29)32-21(27)23(4,5)6/h15-17,21H,12-14H2,1-11H3,(H,28,29). The van der Waals surface area contributed by atoms with Gasteiger partial charge in [-0.2, -0.15) is 0 Å². The second-order valence-corrected chi connectivity index (χ2v) is 14.6. The molecule has 0 aromatic rings. The van der Waals surface area contributed by atoms with E-state index in [2.05, 4.69) is 67.2 Å². The summed E-state index contributed by atoms with van der Waals surface area (Å²) in [4.78, 5) is 42.3. The monoisotopic (exact) mass is 468 g/mol. The van der Waals surface area contributed by atoms with Crippen molar-refractivity contribution in [1.29, 1.82) is 0 Å². The lowest BCUT2D eigenvalue weighted by Gasteiger charge is -2.45. The van der Waals surface area contributed by atoms with Crippen LogP contribution in [0.4, 0.5) is 0 Å². The number of carbonyl (C=O) groups is 3. The predicted molar refractivity (Wildman–Crippen MR) is 130 cm³/mol. The number of nitrogens with zero attached hydrogens (tertiary/aromatic N) is 2. The van der Waals surface area contributed by atoms with Gasteiger partial charge in [0, 0.05) is 23.0 Å². The van der Waals surface area contributed by atoms with Crippen LogP contribution in [0.15, 0.2) is 0 Å². The fourth-order valence-corrected chi connectivity index (χ4v) is 6.98. The molecule has 32 heavy (non-hydrogen) atoms. The Morgan fingerprint density at radius 3 is 1.81 bits per heavy atom. The zero-order chi connectivity index (χ0) is 25.0. The highest BCUT2D eigenvalue weighted by molar-refractivity contribution is 8.01. The maximum absolute atomic E-state index is 13.6. The smallest absolute Gasteiger partial charge is 0.305 e. The average Bonchev–Trinajstić information content (AvgIpc) is 3.04. The Hall–Kier alpha value is -1.24. The first kappa shape index (κ1) is 27.0. The fraction of sp³-hybridized carbons (Fsp3) is 0.880. The van der Waals surface area contributed by atoms with Crippen LogP contribution in [0.2, 0.25) is 0 Å². The molecular weight excluding hydrogens is 424 g/mol. The van der Waals surface area contributed by atoms with Crippen molar-refractivity contribution in [2.24, 2.45) is 16.7 Å². The number of carboxylic acids is 1. The van der Waals surface area contributed by atoms with Gasteiger partial charge in [0.05, 0.1) is 17.0 Å². The third-order valence-corrected chi connectivity index (χ3v) is 8.54. The van der Waals surface area contributed by atoms with E-state index in [0.717, 1.165) is 6.42 Å². The largest absolute Gasteiger partial charge is 0.481 e. The number of carbonyl (C=O) groups excluding carboxylic acids is 2. The molecule has 0 spiro atoms. The topological polar surface area (TPSA) is 77.9 Å². The third kappa shape index (κ3) is 5.45. The summed E-state index contributed by atoms with van der Waals surface area (Å²) in [6.07, 6.45) is 1.18. The zero-order valence-electron chi connectivity index (χ0n) is 21.9. The van der Waals surface area contributed by atoms with E-state index in [-0.39, 0.29) is 51.9 Å². The molecule has 0 saturated carbocycles. The minimum absolute atomic E-state index is 0.0400. The molecule has 2 amide bonds. The van der Waals surface area contributed by atoms with Gasteiger partial charge in [-0.25, -0.2) is 0 Å². The summed E-state index contributed by atoms with van der Waals surface area (Å²) in [5.41, 5.74) is -1.09. The van der Waals surface area contributed by atoms with Crippen LogP contribution in [0.5, 0.6) is 0 Å². The first-order valence-corrected chi connectivity index (χ1v) is 12.7. The molecule has 4 atom stereocenters. The summed E-state index contributed by atoms with van der Waals surface area (Å²) in [5, 5.41) is 8.59. The maximum Gasteiger partial charge on any atom is 0.305 e. The summed E-state index contributed by atoms with van der Waals surface area (Å²) in [6.45, 7) is 23.1. The van der Waals surface area contributed by atoms with Gasteiger partial charge in [0.25, 0.3) is 0 Å². The molecule has 6 nitrogen and oxygen atoms in total. The quantitative estimate of drug-likeness (QED) is 0.614. The van der Waals surface area contributed by atoms with Crippen LogP contribution in [0, 0.1) is 16.7 Å². The van der Waals surface area contributed by atoms with Gasteiger partial charge in [-0.15, -0.1) is 11.8 Å². The van der Waals surface area contributed by atoms with E-state index < -0.39 is 16.8 Å². The molecule has 1 N–H and O–H groups in total. The number of amides is 2. The number of hydrogen-bond donors (Lipinski definition) is 1. The van der Waals surface area contributed by atoms with E-state index in [9.17, 15) is 19.5 Å². The molecule has 4 unspecified atom stereocenters. The lowest BCUT2D eigenvalue weighted by Crippen LogP contribution is -2.54. The van der Waals surface area contributed by atoms with Gasteiger partial charge in [0.15, 0.2) is 0 Å². The van der Waals surface area contributed by atoms with Gasteiger partial charge in [0.2, 0.25) is 11.8 Å². The number of hydrogen-bond acceptors (Lipinski definition) is 4. The van der Waals surface area contributed by atoms with E-state index in [1.54, 1.807) is 0 Å². The number of aliphatic carboxylic acids is 1. The van der Waals surface area contributed by atoms with Crippen molar-refractivity contribution in [2.45, 2.75) is 123 Å². The van der Waals surface area contributed by atoms with Crippen molar-refractivity contribution in [3.63, 3.8) is 0 Å². The van der Waals surface area contributed by atoms with Gasteiger partial charge < -0.3 is 14.9 Å². The van der Waals surface area contributed by atoms with Crippen LogP contribution in [0.1, 0.15) is 95.4 Å². The van der Waals surface area contributed by atoms with E-state index in [1.165, 1.54) is 11.8 Å². The van der Waals surface area contributed by atoms with Gasteiger partial charge >= 0.3 is 5.97 Å². The molecule has 0 bridgehead atoms. The molecule has 2 aliphatic rings. The fourth-order valence-electron chi connectivity index (χ4n) is 5.28. The van der Waals surface area contributed by atoms with E-state index in [1.807, 2.05) is 18.7 Å². The van der Waals surface area contributed by atoms with Crippen molar-refractivity contribution in [3.8, 4) is 0 Å². The lowest BCUT2D eigenvalue weighted by molar-refractivity contribution is -0.144. The number of rotatable bonds is 5. The molecule has 0 radical (unpaired) electrons. The Kier molecular flexibility index (Phi) is 7.19. The molecule has 2 aliphatic heterocycles. The highest BCUT2D eigenvalue weighted by Gasteiger charge is 2.55. The van der Waals surface area contributed by atoms with Crippen LogP contribution in [0.3, 0.4) is 0 Å². The summed E-state index contributed by atoms with van der Waals surface area (Å²) >= 11 is 1.46. The van der Waals surface area contributed by atoms with Gasteiger partial charge in [-0.1, -0.05) is 41.5 Å². The lowest BCUT2D eigenvalue weighted by atomic mass is 9.80. The van der Waals surface area contributed by atoms with Crippen molar-refractivity contribution in [1.82, 2.24) is 9.80 Å². The number of thioether (sulfide) groups is 1. The van der Waals surface area contributed by atoms with Crippen molar-refractivity contribution < 1.29 is 19.5 Å². The molecule has 0 aromatic carbocycles. The zero-order valence-corrected chi connectivity index (χ0v) is 22.7. The Balaban J connectivity index is 2.37. The second kappa shape index (κ2) is 8.52. The summed E-state index contributed by atoms with van der Waals surface area (Å²) < 4.78 is 0. The van der Waals surface area contributed by atoms with Crippen LogP contribution in [-0.2, 0) is 14.4 Å². The number of carboxylic acid groups (broad SMARTS) is 1.